The van der Waals surface area contributed by atoms with Gasteiger partial charge in [0.2, 0.25) is 16.6 Å². The molecular weight excluding hydrogens is 926 g/mol. The van der Waals surface area contributed by atoms with Crippen molar-refractivity contribution in [2.75, 3.05) is 0 Å². The van der Waals surface area contributed by atoms with E-state index in [1.54, 1.807) is 0 Å². The van der Waals surface area contributed by atoms with Crippen molar-refractivity contribution in [2.45, 2.75) is 156 Å². The molecule has 0 unspecified atom stereocenters. The second-order valence-electron chi connectivity index (χ2n) is 18.3. The maximum atomic E-state index is 13.0. The van der Waals surface area contributed by atoms with Crippen LogP contribution in [0.1, 0.15) is 121 Å². The van der Waals surface area contributed by atoms with Gasteiger partial charge in [0.25, 0.3) is 0 Å². The fraction of sp³-hybridized carbons (Fsp3) is 0.553. The Kier molecular flexibility index (Phi) is 24.6. The van der Waals surface area contributed by atoms with Crippen molar-refractivity contribution in [2.24, 2.45) is 11.8 Å². The molecule has 0 heterocycles. The molecule has 4 atom stereocenters. The summed E-state index contributed by atoms with van der Waals surface area (Å²) in [4.78, 5) is 0. The van der Waals surface area contributed by atoms with Gasteiger partial charge in [0.05, 0.1) is 0 Å². The summed E-state index contributed by atoms with van der Waals surface area (Å²) in [7, 11) is -10.4. The normalized spacial score (nSPS) is 19.0. The zero-order valence-electron chi connectivity index (χ0n) is 39.3. The van der Waals surface area contributed by atoms with Crippen LogP contribution in [0.15, 0.2) is 71.9 Å². The Balaban J connectivity index is 0.00000114. The van der Waals surface area contributed by atoms with E-state index in [-0.39, 0.29) is 86.7 Å². The number of alkyl halides is 3. The minimum Gasteiger partial charge on any atom is -1.00 e. The molecule has 0 bridgehead atoms. The van der Waals surface area contributed by atoms with E-state index in [0.29, 0.717) is 11.1 Å². The summed E-state index contributed by atoms with van der Waals surface area (Å²) in [5.74, 6) is 0.689. The summed E-state index contributed by atoms with van der Waals surface area (Å²) in [5, 5.41) is 21.0. The molecule has 2 aromatic rings. The number of aryl methyl sites for hydroxylation is 1. The molecule has 2 N–H and O–H groups in total. The Labute approximate surface area is 401 Å². The first-order valence-corrected chi connectivity index (χ1v) is 29.3. The van der Waals surface area contributed by atoms with E-state index in [9.17, 15) is 31.8 Å². The van der Waals surface area contributed by atoms with Crippen molar-refractivity contribution in [3.05, 3.63) is 95.5 Å². The van der Waals surface area contributed by atoms with Crippen molar-refractivity contribution in [3.63, 3.8) is 0 Å². The van der Waals surface area contributed by atoms with Gasteiger partial charge in [-0.05, 0) is 135 Å². The molecule has 0 fully saturated rings. The number of halogens is 4. The molecule has 2 aromatic carbocycles. The van der Waals surface area contributed by atoms with Gasteiger partial charge < -0.3 is 47.2 Å². The van der Waals surface area contributed by atoms with Crippen LogP contribution in [0.25, 0.3) is 0 Å². The van der Waals surface area contributed by atoms with Gasteiger partial charge in [0.1, 0.15) is 28.7 Å². The number of hydrogen-bond donors (Lipinski definition) is 2. The molecule has 346 valence electrons. The zero-order chi connectivity index (χ0) is 46.0. The summed E-state index contributed by atoms with van der Waals surface area (Å²) >= 11 is 0. The van der Waals surface area contributed by atoms with E-state index < -0.39 is 38.0 Å². The average molecular weight is 999 g/mol. The Bertz CT molecular complexity index is 1910. The van der Waals surface area contributed by atoms with E-state index in [0.717, 1.165) is 68.1 Å². The Morgan fingerprint density at radius 1 is 0.790 bits per heavy atom. The van der Waals surface area contributed by atoms with Gasteiger partial charge in [-0.3, -0.25) is 0 Å². The number of hydrogen-bond acceptors (Lipinski definition) is 7. The number of allylic oxidation sites excluding steroid dienone is 6. The van der Waals surface area contributed by atoms with Crippen LogP contribution in [0.3, 0.4) is 0 Å². The standard InChI is InChI=1S/C23H35F3O5SSi2.C20H28O2.C4H9.BrH.Mg/c1-15(2)18-11-10-16(3)12-19(18)22-20(30-33(4,5)6)13-17(14-21(22)31-34(7,8)9)29-32(27,28)23(24,25)26;1-5-6-7-15-11-18(21)20(19(22)12-15)17-10-14(4)8-9-16(17)13(2)3;1-3-4-2;;/h12-14,18-19H,1,10-11H2,2-9H3;10-12,16-17,21-22H,2,5-9H2,1,3-4H3;1,3-4H2,2H3;1H;/q;;-1;;+2/p-1/t18-,19+;16-,17+;;;/m00.../s1. The van der Waals surface area contributed by atoms with Crippen molar-refractivity contribution in [1.29, 1.82) is 0 Å². The second-order valence-corrected chi connectivity index (χ2v) is 28.7. The molecule has 15 heteroatoms. The van der Waals surface area contributed by atoms with Gasteiger partial charge in [-0.15, -0.1) is 0 Å². The minimum atomic E-state index is -5.86. The molecule has 62 heavy (non-hydrogen) atoms. The topological polar surface area (TPSA) is 102 Å². The summed E-state index contributed by atoms with van der Waals surface area (Å²) in [6.45, 7) is 35.9. The summed E-state index contributed by atoms with van der Waals surface area (Å²) in [6.07, 6.45) is 13.5. The van der Waals surface area contributed by atoms with Crippen LogP contribution in [0.2, 0.25) is 39.3 Å². The van der Waals surface area contributed by atoms with Crippen molar-refractivity contribution in [1.82, 2.24) is 0 Å². The zero-order valence-corrected chi connectivity index (χ0v) is 45.1. The van der Waals surface area contributed by atoms with E-state index in [1.165, 1.54) is 29.7 Å². The molecule has 0 saturated heterocycles. The van der Waals surface area contributed by atoms with Gasteiger partial charge in [-0.25, -0.2) is 0 Å². The Morgan fingerprint density at radius 3 is 1.50 bits per heavy atom. The monoisotopic (exact) mass is 996 g/mol. The first-order valence-electron chi connectivity index (χ1n) is 21.1. The fourth-order valence-corrected chi connectivity index (χ4v) is 9.42. The average Bonchev–Trinajstić information content (AvgIpc) is 3.08. The van der Waals surface area contributed by atoms with E-state index in [2.05, 4.69) is 57.2 Å². The molecule has 0 radical (unpaired) electrons. The molecule has 7 nitrogen and oxygen atoms in total. The summed E-state index contributed by atoms with van der Waals surface area (Å²) < 4.78 is 79.7. The molecule has 0 aliphatic heterocycles. The predicted molar refractivity (Wildman–Crippen MR) is 252 cm³/mol. The molecule has 2 aliphatic rings. The van der Waals surface area contributed by atoms with Crippen LogP contribution >= 0.6 is 0 Å². The molecular formula is C47H72BrF3MgO7SSi2. The molecule has 4 rings (SSSR count). The number of benzene rings is 2. The van der Waals surface area contributed by atoms with Crippen molar-refractivity contribution >= 4 is 49.8 Å². The van der Waals surface area contributed by atoms with E-state index in [1.807, 2.05) is 72.2 Å². The molecule has 0 saturated carbocycles. The number of unbranched alkanes of at least 4 members (excludes halogenated alkanes) is 2. The quantitative estimate of drug-likeness (QED) is 0.0639. The molecule has 0 aromatic heterocycles. The summed E-state index contributed by atoms with van der Waals surface area (Å²) in [5.41, 5.74) is 1.38. The Hall–Kier alpha value is -2.18. The smallest absolute Gasteiger partial charge is 1.00 e. The van der Waals surface area contributed by atoms with Crippen molar-refractivity contribution < 1.29 is 61.8 Å². The van der Waals surface area contributed by atoms with Crippen LogP contribution in [-0.4, -0.2) is 63.8 Å². The molecule has 0 amide bonds. The third-order valence-electron chi connectivity index (χ3n) is 10.2. The largest absolute Gasteiger partial charge is 2.00 e. The Morgan fingerprint density at radius 2 is 1.18 bits per heavy atom. The fourth-order valence-electron chi connectivity index (χ4n) is 7.31. The number of phenolic OH excluding ortho intramolecular Hbond substituents is 2. The summed E-state index contributed by atoms with van der Waals surface area (Å²) in [6, 6.07) is 6.11. The van der Waals surface area contributed by atoms with Crippen LogP contribution in [-0.2, 0) is 16.5 Å². The minimum absolute atomic E-state index is 0. The van der Waals surface area contributed by atoms with E-state index in [4.69, 9.17) is 8.85 Å². The van der Waals surface area contributed by atoms with Gasteiger partial charge in [-0.1, -0.05) is 74.3 Å². The molecule has 2 aliphatic carbocycles. The third kappa shape index (κ3) is 18.4. The first-order chi connectivity index (χ1) is 27.5. The van der Waals surface area contributed by atoms with E-state index >= 15 is 0 Å². The van der Waals surface area contributed by atoms with Gasteiger partial charge in [0, 0.05) is 35.1 Å². The van der Waals surface area contributed by atoms with Crippen LogP contribution in [0.5, 0.6) is 28.7 Å². The molecule has 0 spiro atoms. The maximum Gasteiger partial charge on any atom is 2.00 e. The van der Waals surface area contributed by atoms with Gasteiger partial charge in [-0.2, -0.15) is 28.0 Å². The van der Waals surface area contributed by atoms with Crippen LogP contribution < -0.4 is 30.0 Å². The number of phenols is 2. The van der Waals surface area contributed by atoms with Crippen LogP contribution in [0, 0.1) is 18.8 Å². The number of rotatable bonds is 14. The third-order valence-corrected chi connectivity index (χ3v) is 12.8. The number of aromatic hydroxyl groups is 2. The SMILES string of the molecule is C=C(C)[C@@H]1CCC(C)=C[C@H]1c1c(O)cc(CCCC)cc1O.C=C(C)[C@@H]1CCC(C)=C[C@H]1c1c(O[Si](C)(C)C)cc(OS(=O)(=O)C(F)(F)F)cc1O[Si](C)(C)C.[Br-].[CH2-]CCC.[Mg+2]. The van der Waals surface area contributed by atoms with Gasteiger partial charge >= 0.3 is 38.7 Å². The first kappa shape index (κ1) is 59.8. The second kappa shape index (κ2) is 25.5. The predicted octanol–water partition coefficient (Wildman–Crippen LogP) is 11.1. The van der Waals surface area contributed by atoms with Crippen molar-refractivity contribution in [3.8, 4) is 28.7 Å². The maximum absolute atomic E-state index is 13.0. The van der Waals surface area contributed by atoms with Gasteiger partial charge in [0.15, 0.2) is 0 Å². The van der Waals surface area contributed by atoms with Crippen LogP contribution in [0.4, 0.5) is 13.2 Å².